The van der Waals surface area contributed by atoms with Crippen LogP contribution in [0.3, 0.4) is 0 Å². The summed E-state index contributed by atoms with van der Waals surface area (Å²) >= 11 is 2.25. The second kappa shape index (κ2) is 9.93. The monoisotopic (exact) mass is 511 g/mol. The van der Waals surface area contributed by atoms with Crippen molar-refractivity contribution in [1.82, 2.24) is 9.55 Å². The smallest absolute Gasteiger partial charge is 0.355 e. The molecule has 0 bridgehead atoms. The Balaban J connectivity index is 2.07. The van der Waals surface area contributed by atoms with Gasteiger partial charge in [-0.25, -0.2) is 22.6 Å². The van der Waals surface area contributed by atoms with Gasteiger partial charge in [0.1, 0.15) is 11.4 Å². The van der Waals surface area contributed by atoms with Crippen molar-refractivity contribution in [3.63, 3.8) is 0 Å². The largest absolute Gasteiger partial charge is 0.477 e. The number of esters is 1. The zero-order valence-electron chi connectivity index (χ0n) is 17.9. The fraction of sp³-hybridized carbons (Fsp3) is 0.300. The average molecular weight is 512 g/mol. The van der Waals surface area contributed by atoms with Gasteiger partial charge in [0.25, 0.3) is 10.0 Å². The number of thioether (sulfide) groups is 1. The van der Waals surface area contributed by atoms with Gasteiger partial charge in [-0.15, -0.1) is 23.1 Å². The van der Waals surface area contributed by atoms with E-state index in [-0.39, 0.29) is 40.9 Å². The molecule has 10 nitrogen and oxygen atoms in total. The Hall–Kier alpha value is -2.90. The van der Waals surface area contributed by atoms with Crippen LogP contribution in [-0.4, -0.2) is 47.4 Å². The second-order valence-corrected chi connectivity index (χ2v) is 11.1. The number of carboxylic acid groups (broad SMARTS) is 1. The third-order valence-corrected chi connectivity index (χ3v) is 8.15. The first kappa shape index (κ1) is 24.7. The standard InChI is InChI=1S/C20H21N3O7S3/c1-4-30-14(24)9-10-31-19-16-17(22-33(28,29)13-7-5-11(2)6-8-13)21-20(27)23(16)15(18(25)26)12(3)32-19/h5-8H,4,9-10H2,1-3H3,(H,25,26)(H,21,22,27). The Labute approximate surface area is 198 Å². The lowest BCUT2D eigenvalue weighted by molar-refractivity contribution is -0.142. The summed E-state index contributed by atoms with van der Waals surface area (Å²) in [6.07, 6.45) is 0.0832. The molecule has 0 aliphatic carbocycles. The number of nitrogens with one attached hydrogen (secondary N) is 1. The van der Waals surface area contributed by atoms with Crippen LogP contribution >= 0.6 is 23.1 Å². The van der Waals surface area contributed by atoms with Crippen molar-refractivity contribution >= 4 is 50.9 Å². The molecule has 0 amide bonds. The molecule has 0 atom stereocenters. The van der Waals surface area contributed by atoms with Crippen LogP contribution in [0, 0.1) is 13.8 Å². The molecule has 2 aliphatic heterocycles. The van der Waals surface area contributed by atoms with Crippen molar-refractivity contribution in [2.24, 2.45) is 0 Å². The van der Waals surface area contributed by atoms with Crippen LogP contribution in [0.5, 0.6) is 0 Å². The molecule has 13 heteroatoms. The lowest BCUT2D eigenvalue weighted by atomic mass is 10.2. The summed E-state index contributed by atoms with van der Waals surface area (Å²) in [5, 5.41) is 9.65. The number of benzene rings is 1. The molecule has 3 rings (SSSR count). The first-order valence-electron chi connectivity index (χ1n) is 9.72. The molecule has 2 N–H and O–H groups in total. The molecule has 2 heterocycles. The number of nitrogens with zero attached hydrogens (tertiary/aromatic N) is 2. The average Bonchev–Trinajstić information content (AvgIpc) is 3.03. The molecule has 0 unspecified atom stereocenters. The Morgan fingerprint density at radius 2 is 1.91 bits per heavy atom. The van der Waals surface area contributed by atoms with Crippen molar-refractivity contribution in [3.8, 4) is 5.69 Å². The highest BCUT2D eigenvalue weighted by Crippen LogP contribution is 2.39. The van der Waals surface area contributed by atoms with Gasteiger partial charge in [0.2, 0.25) is 0 Å². The van der Waals surface area contributed by atoms with Crippen LogP contribution in [0.15, 0.2) is 38.2 Å². The Bertz CT molecular complexity index is 1330. The fourth-order valence-corrected chi connectivity index (χ4v) is 6.45. The zero-order valence-corrected chi connectivity index (χ0v) is 20.4. The number of aryl methyl sites for hydroxylation is 2. The zero-order chi connectivity index (χ0) is 24.3. The number of aromatic carboxylic acids is 1. The topological polar surface area (TPSA) is 145 Å². The van der Waals surface area contributed by atoms with E-state index in [2.05, 4.69) is 9.71 Å². The number of rotatable bonds is 9. The highest BCUT2D eigenvalue weighted by molar-refractivity contribution is 8.01. The molecule has 1 aromatic rings. The number of hydrogen-bond acceptors (Lipinski definition) is 9. The summed E-state index contributed by atoms with van der Waals surface area (Å²) in [5.74, 6) is -1.75. The number of hydrogen-bond donors (Lipinski definition) is 2. The van der Waals surface area contributed by atoms with Gasteiger partial charge in [-0.1, -0.05) is 17.7 Å². The molecule has 0 radical (unpaired) electrons. The second-order valence-electron chi connectivity index (χ2n) is 6.85. The van der Waals surface area contributed by atoms with Gasteiger partial charge in [0, 0.05) is 10.6 Å². The molecule has 33 heavy (non-hydrogen) atoms. The first-order chi connectivity index (χ1) is 15.5. The van der Waals surface area contributed by atoms with Crippen molar-refractivity contribution < 1.29 is 27.9 Å². The summed E-state index contributed by atoms with van der Waals surface area (Å²) in [6, 6.07) is 6.09. The fourth-order valence-electron chi connectivity index (χ4n) is 2.97. The van der Waals surface area contributed by atoms with E-state index in [0.29, 0.717) is 9.09 Å². The summed E-state index contributed by atoms with van der Waals surface area (Å²) in [4.78, 5) is 40.2. The maximum atomic E-state index is 12.9. The maximum absolute atomic E-state index is 12.9. The number of ether oxygens (including phenoxy) is 1. The summed E-state index contributed by atoms with van der Waals surface area (Å²) < 4.78 is 34.3. The highest BCUT2D eigenvalue weighted by atomic mass is 32.2. The van der Waals surface area contributed by atoms with Crippen LogP contribution in [0.1, 0.15) is 34.3 Å². The van der Waals surface area contributed by atoms with Crippen LogP contribution in [0.25, 0.3) is 5.69 Å². The quantitative estimate of drug-likeness (QED) is 0.327. The van der Waals surface area contributed by atoms with E-state index >= 15 is 0 Å². The number of fused-ring (bicyclic) bond motifs is 1. The van der Waals surface area contributed by atoms with Gasteiger partial charge in [-0.3, -0.25) is 9.52 Å². The van der Waals surface area contributed by atoms with Crippen molar-refractivity contribution in [1.29, 1.82) is 0 Å². The minimum absolute atomic E-state index is 0.0255. The van der Waals surface area contributed by atoms with E-state index in [1.165, 1.54) is 23.9 Å². The van der Waals surface area contributed by atoms with Crippen LogP contribution in [0.4, 0.5) is 5.82 Å². The van der Waals surface area contributed by atoms with Gasteiger partial charge in [0.05, 0.1) is 22.1 Å². The third-order valence-electron chi connectivity index (χ3n) is 4.45. The lowest BCUT2D eigenvalue weighted by Gasteiger charge is -2.15. The van der Waals surface area contributed by atoms with Crippen LogP contribution in [-0.2, 0) is 19.6 Å². The molecule has 2 aliphatic rings. The van der Waals surface area contributed by atoms with Gasteiger partial charge in [0.15, 0.2) is 5.82 Å². The number of carbonyl (C=O) groups excluding carboxylic acids is 1. The molecular formula is C20H21N3O7S3. The molecule has 176 valence electrons. The van der Waals surface area contributed by atoms with Gasteiger partial charge in [-0.05, 0) is 32.9 Å². The Morgan fingerprint density at radius 1 is 1.24 bits per heavy atom. The first-order valence-corrected chi connectivity index (χ1v) is 13.0. The lowest BCUT2D eigenvalue weighted by Crippen LogP contribution is -2.22. The molecule has 0 spiro atoms. The van der Waals surface area contributed by atoms with Gasteiger partial charge < -0.3 is 9.84 Å². The summed E-state index contributed by atoms with van der Waals surface area (Å²) in [7, 11) is -4.10. The molecule has 0 aromatic heterocycles. The predicted molar refractivity (Wildman–Crippen MR) is 125 cm³/mol. The van der Waals surface area contributed by atoms with Gasteiger partial charge in [-0.2, -0.15) is 4.98 Å². The molecular weight excluding hydrogens is 490 g/mol. The van der Waals surface area contributed by atoms with E-state index in [4.69, 9.17) is 4.74 Å². The van der Waals surface area contributed by atoms with E-state index < -0.39 is 27.7 Å². The summed E-state index contributed by atoms with van der Waals surface area (Å²) in [6.45, 7) is 5.29. The van der Waals surface area contributed by atoms with Crippen molar-refractivity contribution in [2.75, 3.05) is 17.1 Å². The molecule has 0 fully saturated rings. The van der Waals surface area contributed by atoms with Crippen molar-refractivity contribution in [3.05, 3.63) is 50.9 Å². The predicted octanol–water partition coefficient (Wildman–Crippen LogP) is 2.89. The number of anilines is 1. The molecule has 0 saturated carbocycles. The minimum atomic E-state index is -4.10. The van der Waals surface area contributed by atoms with Crippen LogP contribution in [0.2, 0.25) is 0 Å². The molecule has 1 aromatic carbocycles. The minimum Gasteiger partial charge on any atom is -0.477 e. The number of carbonyl (C=O) groups is 2. The molecule has 0 saturated heterocycles. The number of sulfonamides is 1. The van der Waals surface area contributed by atoms with E-state index in [0.717, 1.165) is 21.5 Å². The maximum Gasteiger partial charge on any atom is 0.355 e. The third kappa shape index (κ3) is 5.37. The Morgan fingerprint density at radius 3 is 2.52 bits per heavy atom. The van der Waals surface area contributed by atoms with Crippen LogP contribution < -0.4 is 10.4 Å². The normalized spacial score (nSPS) is 11.5. The number of carboxylic acids is 1. The van der Waals surface area contributed by atoms with E-state index in [1.807, 2.05) is 6.92 Å². The number of imidazole rings is 1. The Kier molecular flexibility index (Phi) is 7.44. The summed E-state index contributed by atoms with van der Waals surface area (Å²) in [5.41, 5.74) is -0.334. The van der Waals surface area contributed by atoms with Gasteiger partial charge >= 0.3 is 17.6 Å². The number of aromatic nitrogens is 2. The highest BCUT2D eigenvalue weighted by Gasteiger charge is 2.30. The van der Waals surface area contributed by atoms with E-state index in [9.17, 15) is 27.9 Å². The van der Waals surface area contributed by atoms with Crippen molar-refractivity contribution in [2.45, 2.75) is 36.3 Å². The van der Waals surface area contributed by atoms with E-state index in [1.54, 1.807) is 26.0 Å². The SMILES string of the molecule is CCOC(=O)CCSc1sc(C)c(C(=O)O)n2c(=O)nc(NS(=O)(=O)c3ccc(C)cc3)c1-2.